The summed E-state index contributed by atoms with van der Waals surface area (Å²) < 4.78 is 9.20. The van der Waals surface area contributed by atoms with E-state index in [1.807, 2.05) is 0 Å². The zero-order valence-electron chi connectivity index (χ0n) is 7.49. The molecular formula is C9H12O4. The molecule has 0 spiro atoms. The normalized spacial score (nSPS) is 9.62. The van der Waals surface area contributed by atoms with Gasteiger partial charge in [-0.15, -0.1) is 0 Å². The number of rotatable bonds is 5. The van der Waals surface area contributed by atoms with Gasteiger partial charge in [0.25, 0.3) is 0 Å². The lowest BCUT2D eigenvalue weighted by Gasteiger charge is -2.01. The molecular weight excluding hydrogens is 172 g/mol. The molecule has 0 aliphatic heterocycles. The van der Waals surface area contributed by atoms with Crippen LogP contribution in [0, 0.1) is 0 Å². The van der Waals surface area contributed by atoms with Crippen molar-refractivity contribution in [3.05, 3.63) is 24.8 Å². The zero-order chi connectivity index (χ0) is 10.1. The summed E-state index contributed by atoms with van der Waals surface area (Å²) in [4.78, 5) is 21.2. The van der Waals surface area contributed by atoms with E-state index in [-0.39, 0.29) is 13.2 Å². The third-order valence-electron chi connectivity index (χ3n) is 1.04. The molecule has 0 amide bonds. The van der Waals surface area contributed by atoms with E-state index in [1.165, 1.54) is 6.08 Å². The van der Waals surface area contributed by atoms with Gasteiger partial charge in [-0.2, -0.15) is 0 Å². The molecule has 0 saturated heterocycles. The van der Waals surface area contributed by atoms with Crippen molar-refractivity contribution in [3.63, 3.8) is 0 Å². The molecule has 0 aliphatic rings. The molecule has 0 aliphatic carbocycles. The Kier molecular flexibility index (Phi) is 6.23. The minimum Gasteiger partial charge on any atom is -0.459 e. The summed E-state index contributed by atoms with van der Waals surface area (Å²) in [5.41, 5.74) is 0. The van der Waals surface area contributed by atoms with Crippen molar-refractivity contribution in [1.29, 1.82) is 0 Å². The summed E-state index contributed by atoms with van der Waals surface area (Å²) in [6.07, 6.45) is 3.90. The number of hydrogen-bond acceptors (Lipinski definition) is 4. The SMILES string of the molecule is C=CC(=O)OCCOC(=O)/C=C/C. The zero-order valence-corrected chi connectivity index (χ0v) is 7.49. The molecule has 0 unspecified atom stereocenters. The van der Waals surface area contributed by atoms with E-state index in [9.17, 15) is 9.59 Å². The Morgan fingerprint density at radius 2 is 1.77 bits per heavy atom. The Bertz CT molecular complexity index is 218. The van der Waals surface area contributed by atoms with Crippen LogP contribution in [0.5, 0.6) is 0 Å². The van der Waals surface area contributed by atoms with Gasteiger partial charge in [-0.3, -0.25) is 0 Å². The molecule has 0 atom stereocenters. The van der Waals surface area contributed by atoms with E-state index in [0.29, 0.717) is 0 Å². The fraction of sp³-hybridized carbons (Fsp3) is 0.333. The molecule has 4 heteroatoms. The second-order valence-electron chi connectivity index (χ2n) is 2.04. The highest BCUT2D eigenvalue weighted by atomic mass is 16.6. The Balaban J connectivity index is 3.40. The maximum Gasteiger partial charge on any atom is 0.330 e. The van der Waals surface area contributed by atoms with Gasteiger partial charge in [-0.1, -0.05) is 12.7 Å². The number of carbonyl (C=O) groups excluding carboxylic acids is 2. The predicted molar refractivity (Wildman–Crippen MR) is 46.9 cm³/mol. The van der Waals surface area contributed by atoms with Crippen LogP contribution >= 0.6 is 0 Å². The Morgan fingerprint density at radius 3 is 2.23 bits per heavy atom. The Labute approximate surface area is 76.8 Å². The molecule has 0 rings (SSSR count). The largest absolute Gasteiger partial charge is 0.459 e. The minimum atomic E-state index is -0.526. The van der Waals surface area contributed by atoms with Crippen molar-refractivity contribution in [2.24, 2.45) is 0 Å². The minimum absolute atomic E-state index is 0.0497. The maximum atomic E-state index is 10.7. The number of allylic oxidation sites excluding steroid dienone is 1. The third-order valence-corrected chi connectivity index (χ3v) is 1.04. The van der Waals surface area contributed by atoms with Gasteiger partial charge < -0.3 is 9.47 Å². The predicted octanol–water partition coefficient (Wildman–Crippen LogP) is 0.835. The summed E-state index contributed by atoms with van der Waals surface area (Å²) in [7, 11) is 0. The van der Waals surface area contributed by atoms with Gasteiger partial charge in [0.2, 0.25) is 0 Å². The monoisotopic (exact) mass is 184 g/mol. The van der Waals surface area contributed by atoms with Crippen LogP contribution in [0.3, 0.4) is 0 Å². The quantitative estimate of drug-likeness (QED) is 0.361. The molecule has 0 saturated carbocycles. The van der Waals surface area contributed by atoms with Crippen LogP contribution in [0.25, 0.3) is 0 Å². The summed E-state index contributed by atoms with van der Waals surface area (Å²) in [5, 5.41) is 0. The number of hydrogen-bond donors (Lipinski definition) is 0. The molecule has 0 fully saturated rings. The second kappa shape index (κ2) is 7.09. The van der Waals surface area contributed by atoms with Crippen molar-refractivity contribution in [2.75, 3.05) is 13.2 Å². The van der Waals surface area contributed by atoms with Crippen LogP contribution in [-0.4, -0.2) is 25.2 Å². The number of esters is 2. The molecule has 0 N–H and O–H groups in total. The van der Waals surface area contributed by atoms with Crippen LogP contribution in [0.4, 0.5) is 0 Å². The standard InChI is InChI=1S/C9H12O4/c1-3-5-9(11)13-7-6-12-8(10)4-2/h3-5H,2,6-7H2,1H3/b5-3+. The van der Waals surface area contributed by atoms with Crippen LogP contribution in [0.1, 0.15) is 6.92 Å². The van der Waals surface area contributed by atoms with Gasteiger partial charge in [0.05, 0.1) is 0 Å². The summed E-state index contributed by atoms with van der Waals surface area (Å²) >= 11 is 0. The number of carbonyl (C=O) groups is 2. The van der Waals surface area contributed by atoms with E-state index in [1.54, 1.807) is 13.0 Å². The molecule has 4 nitrogen and oxygen atoms in total. The van der Waals surface area contributed by atoms with Crippen LogP contribution in [0.15, 0.2) is 24.8 Å². The molecule has 0 aromatic rings. The van der Waals surface area contributed by atoms with E-state index in [2.05, 4.69) is 16.1 Å². The van der Waals surface area contributed by atoms with Crippen molar-refractivity contribution in [3.8, 4) is 0 Å². The van der Waals surface area contributed by atoms with E-state index in [0.717, 1.165) is 6.08 Å². The van der Waals surface area contributed by atoms with Gasteiger partial charge >= 0.3 is 11.9 Å². The first kappa shape index (κ1) is 11.4. The highest BCUT2D eigenvalue weighted by Gasteiger charge is 1.97. The van der Waals surface area contributed by atoms with Gasteiger partial charge in [0.15, 0.2) is 0 Å². The third kappa shape index (κ3) is 6.80. The van der Waals surface area contributed by atoms with E-state index in [4.69, 9.17) is 0 Å². The van der Waals surface area contributed by atoms with Crippen molar-refractivity contribution < 1.29 is 19.1 Å². The van der Waals surface area contributed by atoms with Crippen LogP contribution in [0.2, 0.25) is 0 Å². The summed E-state index contributed by atoms with van der Waals surface area (Å²) in [6.45, 7) is 5.03. The Morgan fingerprint density at radius 1 is 1.23 bits per heavy atom. The second-order valence-corrected chi connectivity index (χ2v) is 2.04. The number of ether oxygens (including phenoxy) is 2. The smallest absolute Gasteiger partial charge is 0.330 e. The van der Waals surface area contributed by atoms with E-state index >= 15 is 0 Å². The van der Waals surface area contributed by atoms with Crippen molar-refractivity contribution in [2.45, 2.75) is 6.92 Å². The van der Waals surface area contributed by atoms with Crippen LogP contribution < -0.4 is 0 Å². The summed E-state index contributed by atoms with van der Waals surface area (Å²) in [5.74, 6) is -0.973. The van der Waals surface area contributed by atoms with Crippen molar-refractivity contribution >= 4 is 11.9 Å². The highest BCUT2D eigenvalue weighted by Crippen LogP contribution is 1.84. The lowest BCUT2D eigenvalue weighted by molar-refractivity contribution is -0.146. The van der Waals surface area contributed by atoms with Gasteiger partial charge in [0.1, 0.15) is 13.2 Å². The first-order chi connectivity index (χ1) is 6.20. The first-order valence-electron chi connectivity index (χ1n) is 3.79. The topological polar surface area (TPSA) is 52.6 Å². The molecule has 72 valence electrons. The van der Waals surface area contributed by atoms with Crippen LogP contribution in [-0.2, 0) is 19.1 Å². The van der Waals surface area contributed by atoms with Gasteiger partial charge in [0, 0.05) is 12.2 Å². The maximum absolute atomic E-state index is 10.7. The lowest BCUT2D eigenvalue weighted by Crippen LogP contribution is -2.11. The first-order valence-corrected chi connectivity index (χ1v) is 3.79. The van der Waals surface area contributed by atoms with Gasteiger partial charge in [-0.25, -0.2) is 9.59 Å². The Hall–Kier alpha value is -1.58. The highest BCUT2D eigenvalue weighted by molar-refractivity contribution is 5.82. The van der Waals surface area contributed by atoms with Crippen molar-refractivity contribution in [1.82, 2.24) is 0 Å². The molecule has 13 heavy (non-hydrogen) atoms. The summed E-state index contributed by atoms with van der Waals surface area (Å²) in [6, 6.07) is 0. The van der Waals surface area contributed by atoms with Gasteiger partial charge in [-0.05, 0) is 6.92 Å². The molecule has 0 radical (unpaired) electrons. The fourth-order valence-corrected chi connectivity index (χ4v) is 0.528. The fourth-order valence-electron chi connectivity index (χ4n) is 0.528. The molecule has 0 bridgehead atoms. The molecule has 0 aromatic heterocycles. The average molecular weight is 184 g/mol. The lowest BCUT2D eigenvalue weighted by atomic mass is 10.5. The average Bonchev–Trinajstić information content (AvgIpc) is 2.12. The molecule has 0 heterocycles. The molecule has 0 aromatic carbocycles. The van der Waals surface area contributed by atoms with E-state index < -0.39 is 11.9 Å².